The highest BCUT2D eigenvalue weighted by molar-refractivity contribution is 5.94. The Labute approximate surface area is 185 Å². The van der Waals surface area contributed by atoms with Crippen LogP contribution in [0, 0.1) is 19.8 Å². The fourth-order valence-electron chi connectivity index (χ4n) is 4.47. The molecule has 0 radical (unpaired) electrons. The Bertz CT molecular complexity index is 1320. The number of nitrogens with one attached hydrogen (secondary N) is 2. The zero-order valence-electron chi connectivity index (χ0n) is 18.3. The Morgan fingerprint density at radius 2 is 2.03 bits per heavy atom. The molecular weight excluding hydrogens is 404 g/mol. The van der Waals surface area contributed by atoms with Gasteiger partial charge in [0.2, 0.25) is 5.91 Å². The lowest BCUT2D eigenvalue weighted by Crippen LogP contribution is -2.41. The molecule has 3 aromatic heterocycles. The summed E-state index contributed by atoms with van der Waals surface area (Å²) in [7, 11) is 0. The van der Waals surface area contributed by atoms with E-state index in [1.807, 2.05) is 59.7 Å². The maximum absolute atomic E-state index is 13.0. The Hall–Kier alpha value is -3.68. The number of amides is 2. The van der Waals surface area contributed by atoms with Crippen LogP contribution in [0.25, 0.3) is 16.7 Å². The van der Waals surface area contributed by atoms with E-state index in [9.17, 15) is 9.59 Å². The second-order valence-corrected chi connectivity index (χ2v) is 8.66. The van der Waals surface area contributed by atoms with E-state index in [-0.39, 0.29) is 17.7 Å². The van der Waals surface area contributed by atoms with Crippen molar-refractivity contribution >= 4 is 34.2 Å². The molecule has 2 amide bonds. The number of hydrogen-bond acceptors (Lipinski definition) is 4. The number of rotatable bonds is 4. The van der Waals surface area contributed by atoms with Gasteiger partial charge in [0, 0.05) is 37.6 Å². The molecular formula is C24H26N6O2. The molecule has 2 N–H and O–H groups in total. The van der Waals surface area contributed by atoms with Gasteiger partial charge in [-0.1, -0.05) is 6.07 Å². The quantitative estimate of drug-likeness (QED) is 0.516. The summed E-state index contributed by atoms with van der Waals surface area (Å²) in [5.41, 5.74) is 4.84. The normalized spacial score (nSPS) is 16.6. The van der Waals surface area contributed by atoms with Crippen molar-refractivity contribution in [1.82, 2.24) is 24.3 Å². The van der Waals surface area contributed by atoms with Crippen molar-refractivity contribution in [2.24, 2.45) is 5.92 Å². The van der Waals surface area contributed by atoms with Crippen molar-refractivity contribution in [2.45, 2.75) is 33.1 Å². The first-order valence-corrected chi connectivity index (χ1v) is 11.0. The predicted molar refractivity (Wildman–Crippen MR) is 123 cm³/mol. The summed E-state index contributed by atoms with van der Waals surface area (Å²) >= 11 is 0. The molecule has 0 aliphatic carbocycles. The van der Waals surface area contributed by atoms with Gasteiger partial charge in [0.15, 0.2) is 0 Å². The summed E-state index contributed by atoms with van der Waals surface area (Å²) in [5, 5.41) is 2.98. The molecule has 5 rings (SSSR count). The molecule has 1 atom stereocenters. The number of pyridine rings is 1. The summed E-state index contributed by atoms with van der Waals surface area (Å²) in [6.45, 7) is 5.18. The van der Waals surface area contributed by atoms with Crippen molar-refractivity contribution in [2.75, 3.05) is 18.4 Å². The second-order valence-electron chi connectivity index (χ2n) is 8.66. The van der Waals surface area contributed by atoms with Gasteiger partial charge in [-0.15, -0.1) is 0 Å². The maximum atomic E-state index is 13.0. The SMILES string of the molecule is Cc1ccc2nc(C(=O)N3CCC[C@H](CC(=O)Nc4ccc5nc(C)[nH]c5c4)C3)cn2c1. The molecule has 0 saturated carbocycles. The third-order valence-electron chi connectivity index (χ3n) is 5.98. The Kier molecular flexibility index (Phi) is 5.13. The van der Waals surface area contributed by atoms with Gasteiger partial charge in [-0.25, -0.2) is 9.97 Å². The van der Waals surface area contributed by atoms with Crippen molar-refractivity contribution in [1.29, 1.82) is 0 Å². The van der Waals surface area contributed by atoms with Crippen LogP contribution in [-0.4, -0.2) is 49.2 Å². The topological polar surface area (TPSA) is 95.4 Å². The van der Waals surface area contributed by atoms with Gasteiger partial charge in [0.05, 0.1) is 11.0 Å². The third kappa shape index (κ3) is 4.08. The van der Waals surface area contributed by atoms with Crippen molar-refractivity contribution in [3.63, 3.8) is 0 Å². The van der Waals surface area contributed by atoms with Crippen LogP contribution in [0.3, 0.4) is 0 Å². The number of aromatic nitrogens is 4. The lowest BCUT2D eigenvalue weighted by molar-refractivity contribution is -0.117. The summed E-state index contributed by atoms with van der Waals surface area (Å²) in [6.07, 6.45) is 5.95. The van der Waals surface area contributed by atoms with Crippen LogP contribution in [-0.2, 0) is 4.79 Å². The van der Waals surface area contributed by atoms with E-state index in [2.05, 4.69) is 20.3 Å². The Morgan fingerprint density at radius 3 is 2.91 bits per heavy atom. The molecule has 32 heavy (non-hydrogen) atoms. The first kappa shape index (κ1) is 20.2. The molecule has 8 heteroatoms. The lowest BCUT2D eigenvalue weighted by atomic mass is 9.94. The van der Waals surface area contributed by atoms with Crippen molar-refractivity contribution < 1.29 is 9.59 Å². The maximum Gasteiger partial charge on any atom is 0.274 e. The van der Waals surface area contributed by atoms with Gasteiger partial charge in [-0.05, 0) is 62.4 Å². The molecule has 1 aliphatic heterocycles. The Balaban J connectivity index is 1.22. The van der Waals surface area contributed by atoms with E-state index in [0.29, 0.717) is 25.2 Å². The summed E-state index contributed by atoms with van der Waals surface area (Å²) in [5.74, 6) is 0.862. The molecule has 0 bridgehead atoms. The molecule has 164 valence electrons. The van der Waals surface area contributed by atoms with Gasteiger partial charge < -0.3 is 19.6 Å². The average Bonchev–Trinajstić information content (AvgIpc) is 3.35. The second kappa shape index (κ2) is 8.11. The number of aryl methyl sites for hydroxylation is 2. The number of carbonyl (C=O) groups is 2. The third-order valence-corrected chi connectivity index (χ3v) is 5.98. The van der Waals surface area contributed by atoms with Crippen LogP contribution < -0.4 is 5.32 Å². The number of benzene rings is 1. The first-order valence-electron chi connectivity index (χ1n) is 11.0. The molecule has 1 aromatic carbocycles. The molecule has 1 fully saturated rings. The molecule has 4 heterocycles. The molecule has 0 spiro atoms. The number of nitrogens with zero attached hydrogens (tertiary/aromatic N) is 4. The molecule has 0 unspecified atom stereocenters. The average molecular weight is 431 g/mol. The summed E-state index contributed by atoms with van der Waals surface area (Å²) in [6, 6.07) is 9.55. The number of hydrogen-bond donors (Lipinski definition) is 2. The van der Waals surface area contributed by atoms with Crippen LogP contribution >= 0.6 is 0 Å². The number of fused-ring (bicyclic) bond motifs is 2. The van der Waals surface area contributed by atoms with Crippen LogP contribution in [0.2, 0.25) is 0 Å². The highest BCUT2D eigenvalue weighted by Crippen LogP contribution is 2.23. The number of likely N-dealkylation sites (tertiary alicyclic amines) is 1. The summed E-state index contributed by atoms with van der Waals surface area (Å²) in [4.78, 5) is 39.6. The largest absolute Gasteiger partial charge is 0.342 e. The summed E-state index contributed by atoms with van der Waals surface area (Å²) < 4.78 is 1.88. The Morgan fingerprint density at radius 1 is 1.16 bits per heavy atom. The molecule has 8 nitrogen and oxygen atoms in total. The fraction of sp³-hybridized carbons (Fsp3) is 0.333. The van der Waals surface area contributed by atoms with E-state index in [1.54, 1.807) is 6.20 Å². The first-order chi connectivity index (χ1) is 15.4. The monoisotopic (exact) mass is 430 g/mol. The molecule has 1 aliphatic rings. The van der Waals surface area contributed by atoms with Crippen molar-refractivity contribution in [3.8, 4) is 0 Å². The molecule has 1 saturated heterocycles. The number of aromatic amines is 1. The highest BCUT2D eigenvalue weighted by atomic mass is 16.2. The van der Waals surface area contributed by atoms with E-state index in [4.69, 9.17) is 0 Å². The minimum atomic E-state index is -0.0727. The number of H-pyrrole nitrogens is 1. The minimum absolute atomic E-state index is 0.0388. The van der Waals surface area contributed by atoms with Gasteiger partial charge >= 0.3 is 0 Å². The van der Waals surface area contributed by atoms with E-state index >= 15 is 0 Å². The van der Waals surface area contributed by atoms with Crippen LogP contribution in [0.15, 0.2) is 42.7 Å². The van der Waals surface area contributed by atoms with E-state index < -0.39 is 0 Å². The lowest BCUT2D eigenvalue weighted by Gasteiger charge is -2.32. The fourth-order valence-corrected chi connectivity index (χ4v) is 4.47. The van der Waals surface area contributed by atoms with Gasteiger partial charge in [-0.2, -0.15) is 0 Å². The standard InChI is InChI=1S/C24H26N6O2/c1-15-5-8-22-28-21(14-30(22)12-15)24(32)29-9-3-4-17(13-29)10-23(31)27-18-6-7-19-20(11-18)26-16(2)25-19/h5-8,11-12,14,17H,3-4,9-10,13H2,1-2H3,(H,25,26)(H,27,31)/t17-/m1/s1. The highest BCUT2D eigenvalue weighted by Gasteiger charge is 2.27. The number of imidazole rings is 2. The number of carbonyl (C=O) groups excluding carboxylic acids is 2. The van der Waals surface area contributed by atoms with Crippen LogP contribution in [0.4, 0.5) is 5.69 Å². The smallest absolute Gasteiger partial charge is 0.274 e. The van der Waals surface area contributed by atoms with Crippen molar-refractivity contribution in [3.05, 3.63) is 59.8 Å². The zero-order valence-corrected chi connectivity index (χ0v) is 18.3. The molecule has 4 aromatic rings. The van der Waals surface area contributed by atoms with E-state index in [1.165, 1.54) is 0 Å². The van der Waals surface area contributed by atoms with Gasteiger partial charge in [0.1, 0.15) is 17.2 Å². The van der Waals surface area contributed by atoms with Crippen LogP contribution in [0.1, 0.15) is 41.1 Å². The predicted octanol–water partition coefficient (Wildman–Crippen LogP) is 3.71. The van der Waals surface area contributed by atoms with Crippen LogP contribution in [0.5, 0.6) is 0 Å². The minimum Gasteiger partial charge on any atom is -0.342 e. The number of anilines is 1. The number of piperidine rings is 1. The van der Waals surface area contributed by atoms with Gasteiger partial charge in [0.25, 0.3) is 5.91 Å². The van der Waals surface area contributed by atoms with E-state index in [0.717, 1.165) is 46.6 Å². The van der Waals surface area contributed by atoms with Gasteiger partial charge in [-0.3, -0.25) is 9.59 Å². The zero-order chi connectivity index (χ0) is 22.2.